The number of alkyl halides is 4. The first kappa shape index (κ1) is 14.8. The molecular weight excluding hydrogens is 267 g/mol. The van der Waals surface area contributed by atoms with E-state index >= 15 is 0 Å². The molecule has 0 aromatic heterocycles. The van der Waals surface area contributed by atoms with Crippen LogP contribution < -0.4 is 0 Å². The van der Waals surface area contributed by atoms with Crippen LogP contribution in [0.3, 0.4) is 0 Å². The Morgan fingerprint density at radius 2 is 2.06 bits per heavy atom. The fourth-order valence-corrected chi connectivity index (χ4v) is 1.57. The Morgan fingerprint density at radius 1 is 1.39 bits per heavy atom. The first-order valence-corrected chi connectivity index (χ1v) is 5.88. The minimum absolute atomic E-state index is 0.0295. The predicted octanol–water partition coefficient (Wildman–Crippen LogP) is 3.41. The fraction of sp³-hybridized carbons (Fsp3) is 0.417. The number of benzene rings is 1. The van der Waals surface area contributed by atoms with Gasteiger partial charge in [0.05, 0.1) is 5.56 Å². The molecule has 18 heavy (non-hydrogen) atoms. The van der Waals surface area contributed by atoms with Crippen molar-refractivity contribution in [3.05, 3.63) is 35.4 Å². The average molecular weight is 280 g/mol. The van der Waals surface area contributed by atoms with Crippen molar-refractivity contribution in [1.82, 2.24) is 4.90 Å². The lowest BCUT2D eigenvalue weighted by molar-refractivity contribution is -0.137. The molecule has 0 radical (unpaired) electrons. The van der Waals surface area contributed by atoms with Gasteiger partial charge in [0.25, 0.3) is 5.91 Å². The third-order valence-electron chi connectivity index (χ3n) is 2.41. The molecule has 1 aromatic carbocycles. The van der Waals surface area contributed by atoms with E-state index in [1.165, 1.54) is 24.1 Å². The maximum absolute atomic E-state index is 12.5. The van der Waals surface area contributed by atoms with Crippen LogP contribution in [0.1, 0.15) is 22.3 Å². The molecule has 1 amide bonds. The lowest BCUT2D eigenvalue weighted by atomic mass is 10.1. The van der Waals surface area contributed by atoms with Gasteiger partial charge in [-0.2, -0.15) is 13.2 Å². The number of nitrogens with zero attached hydrogens (tertiary/aromatic N) is 1. The van der Waals surface area contributed by atoms with Gasteiger partial charge in [0.1, 0.15) is 0 Å². The summed E-state index contributed by atoms with van der Waals surface area (Å²) in [5.74, 6) is -0.0357. The van der Waals surface area contributed by atoms with Crippen molar-refractivity contribution in [2.75, 3.05) is 19.5 Å². The van der Waals surface area contributed by atoms with Crippen LogP contribution in [0.2, 0.25) is 0 Å². The highest BCUT2D eigenvalue weighted by atomic mass is 35.5. The van der Waals surface area contributed by atoms with Crippen LogP contribution in [0.15, 0.2) is 24.3 Å². The molecule has 0 heterocycles. The Kier molecular flexibility index (Phi) is 5.02. The van der Waals surface area contributed by atoms with Crippen molar-refractivity contribution in [3.8, 4) is 0 Å². The predicted molar refractivity (Wildman–Crippen MR) is 63.7 cm³/mol. The van der Waals surface area contributed by atoms with Gasteiger partial charge in [-0.25, -0.2) is 0 Å². The van der Waals surface area contributed by atoms with E-state index in [1.54, 1.807) is 0 Å². The molecule has 0 bridgehead atoms. The van der Waals surface area contributed by atoms with Crippen LogP contribution in [0.4, 0.5) is 13.2 Å². The smallest absolute Gasteiger partial charge is 0.342 e. The zero-order valence-electron chi connectivity index (χ0n) is 9.80. The van der Waals surface area contributed by atoms with Gasteiger partial charge in [-0.15, -0.1) is 11.6 Å². The molecule has 100 valence electrons. The largest absolute Gasteiger partial charge is 0.416 e. The van der Waals surface area contributed by atoms with Gasteiger partial charge >= 0.3 is 6.18 Å². The first-order chi connectivity index (χ1) is 8.36. The summed E-state index contributed by atoms with van der Waals surface area (Å²) in [6, 6.07) is 4.40. The molecule has 2 nitrogen and oxygen atoms in total. The second-order valence-electron chi connectivity index (χ2n) is 3.85. The van der Waals surface area contributed by atoms with Gasteiger partial charge in [-0.05, 0) is 24.6 Å². The fourth-order valence-electron chi connectivity index (χ4n) is 1.45. The van der Waals surface area contributed by atoms with E-state index in [9.17, 15) is 18.0 Å². The molecular formula is C12H13ClF3NO. The van der Waals surface area contributed by atoms with E-state index in [1.807, 2.05) is 0 Å². The van der Waals surface area contributed by atoms with E-state index in [0.717, 1.165) is 12.1 Å². The van der Waals surface area contributed by atoms with Crippen LogP contribution >= 0.6 is 11.6 Å². The molecule has 1 aromatic rings. The van der Waals surface area contributed by atoms with Gasteiger partial charge in [-0.3, -0.25) is 4.79 Å². The SMILES string of the molecule is CN(CCCCl)C(=O)c1cccc(C(F)(F)F)c1. The zero-order chi connectivity index (χ0) is 13.8. The molecule has 0 spiro atoms. The maximum Gasteiger partial charge on any atom is 0.416 e. The number of hydrogen-bond acceptors (Lipinski definition) is 1. The van der Waals surface area contributed by atoms with Gasteiger partial charge in [0, 0.05) is 25.0 Å². The maximum atomic E-state index is 12.5. The molecule has 0 saturated carbocycles. The van der Waals surface area contributed by atoms with Crippen molar-refractivity contribution in [2.45, 2.75) is 12.6 Å². The molecule has 0 aliphatic heterocycles. The lowest BCUT2D eigenvalue weighted by Crippen LogP contribution is -2.28. The average Bonchev–Trinajstić information content (AvgIpc) is 2.34. The topological polar surface area (TPSA) is 20.3 Å². The molecule has 0 aliphatic carbocycles. The molecule has 0 fully saturated rings. The van der Waals surface area contributed by atoms with Crippen LogP contribution in [-0.4, -0.2) is 30.3 Å². The quantitative estimate of drug-likeness (QED) is 0.774. The Bertz CT molecular complexity index is 420. The van der Waals surface area contributed by atoms with Crippen molar-refractivity contribution >= 4 is 17.5 Å². The Balaban J connectivity index is 2.87. The molecule has 6 heteroatoms. The summed E-state index contributed by atoms with van der Waals surface area (Å²) in [7, 11) is 1.54. The van der Waals surface area contributed by atoms with Gasteiger partial charge in [0.15, 0.2) is 0 Å². The van der Waals surface area contributed by atoms with Gasteiger partial charge in [-0.1, -0.05) is 6.07 Å². The van der Waals surface area contributed by atoms with Crippen molar-refractivity contribution < 1.29 is 18.0 Å². The molecule has 0 saturated heterocycles. The Hall–Kier alpha value is -1.23. The number of amides is 1. The molecule has 0 unspecified atom stereocenters. The van der Waals surface area contributed by atoms with Crippen LogP contribution in [0.5, 0.6) is 0 Å². The third-order valence-corrected chi connectivity index (χ3v) is 2.68. The van der Waals surface area contributed by atoms with Crippen LogP contribution in [-0.2, 0) is 6.18 Å². The third kappa shape index (κ3) is 3.91. The second-order valence-corrected chi connectivity index (χ2v) is 4.23. The molecule has 0 aliphatic rings. The Morgan fingerprint density at radius 3 is 2.61 bits per heavy atom. The highest BCUT2D eigenvalue weighted by molar-refractivity contribution is 6.17. The van der Waals surface area contributed by atoms with Crippen LogP contribution in [0.25, 0.3) is 0 Å². The lowest BCUT2D eigenvalue weighted by Gasteiger charge is -2.17. The number of rotatable bonds is 4. The summed E-state index contributed by atoms with van der Waals surface area (Å²) in [6.45, 7) is 0.415. The standard InChI is InChI=1S/C12H13ClF3NO/c1-17(7-3-6-13)11(18)9-4-2-5-10(8-9)12(14,15)16/h2,4-5,8H,3,6-7H2,1H3. The van der Waals surface area contributed by atoms with Gasteiger partial charge in [0.2, 0.25) is 0 Å². The summed E-state index contributed by atoms with van der Waals surface area (Å²) < 4.78 is 37.5. The minimum atomic E-state index is -4.44. The first-order valence-electron chi connectivity index (χ1n) is 5.35. The normalized spacial score (nSPS) is 11.4. The van der Waals surface area contributed by atoms with E-state index < -0.39 is 17.6 Å². The van der Waals surface area contributed by atoms with Crippen molar-refractivity contribution in [1.29, 1.82) is 0 Å². The van der Waals surface area contributed by atoms with E-state index in [4.69, 9.17) is 11.6 Å². The molecule has 1 rings (SSSR count). The monoisotopic (exact) mass is 279 g/mol. The summed E-state index contributed by atoms with van der Waals surface area (Å²) >= 11 is 5.49. The highest BCUT2D eigenvalue weighted by Crippen LogP contribution is 2.29. The Labute approximate surface area is 108 Å². The van der Waals surface area contributed by atoms with E-state index in [-0.39, 0.29) is 5.56 Å². The molecule has 0 atom stereocenters. The number of carbonyl (C=O) groups excluding carboxylic acids is 1. The van der Waals surface area contributed by atoms with Crippen LogP contribution in [0, 0.1) is 0 Å². The van der Waals surface area contributed by atoms with Gasteiger partial charge < -0.3 is 4.90 Å². The highest BCUT2D eigenvalue weighted by Gasteiger charge is 2.31. The second kappa shape index (κ2) is 6.09. The van der Waals surface area contributed by atoms with Crippen molar-refractivity contribution in [3.63, 3.8) is 0 Å². The zero-order valence-corrected chi connectivity index (χ0v) is 10.6. The van der Waals surface area contributed by atoms with Crippen molar-refractivity contribution in [2.24, 2.45) is 0 Å². The number of halogens is 4. The number of carbonyl (C=O) groups is 1. The summed E-state index contributed by atoms with van der Waals surface area (Å²) in [6.07, 6.45) is -3.84. The molecule has 0 N–H and O–H groups in total. The number of hydrogen-bond donors (Lipinski definition) is 0. The van der Waals surface area contributed by atoms with E-state index in [2.05, 4.69) is 0 Å². The minimum Gasteiger partial charge on any atom is -0.342 e. The van der Waals surface area contributed by atoms with E-state index in [0.29, 0.717) is 18.8 Å². The summed E-state index contributed by atoms with van der Waals surface area (Å²) in [5.41, 5.74) is -0.791. The summed E-state index contributed by atoms with van der Waals surface area (Å²) in [4.78, 5) is 13.2. The summed E-state index contributed by atoms with van der Waals surface area (Å²) in [5, 5.41) is 0.